The molecule has 0 fully saturated rings. The number of para-hydroxylation sites is 1. The van der Waals surface area contributed by atoms with Crippen LogP contribution in [0.15, 0.2) is 71.6 Å². The molecular formula is C17H12O2S. The fraction of sp³-hybridized carbons (Fsp3) is 0. The number of benzene rings is 3. The van der Waals surface area contributed by atoms with E-state index < -0.39 is 5.97 Å². The molecule has 0 aliphatic carbocycles. The largest absolute Gasteiger partial charge is 0.423 e. The molecular weight excluding hydrogens is 268 g/mol. The molecule has 3 heteroatoms. The SMILES string of the molecule is O=C(Oc1ccccc1)c1c(S)ccc2ccccc12. The molecule has 0 saturated heterocycles. The highest BCUT2D eigenvalue weighted by Gasteiger charge is 2.15. The second-order valence-corrected chi connectivity index (χ2v) is 4.87. The van der Waals surface area contributed by atoms with Gasteiger partial charge in [-0.15, -0.1) is 12.6 Å². The van der Waals surface area contributed by atoms with Gasteiger partial charge < -0.3 is 4.74 Å². The molecule has 3 aromatic carbocycles. The summed E-state index contributed by atoms with van der Waals surface area (Å²) in [5.74, 6) is 0.135. The maximum atomic E-state index is 12.4. The zero-order chi connectivity index (χ0) is 13.9. The zero-order valence-corrected chi connectivity index (χ0v) is 11.5. The van der Waals surface area contributed by atoms with Gasteiger partial charge in [0.15, 0.2) is 0 Å². The number of carbonyl (C=O) groups excluding carboxylic acids is 1. The van der Waals surface area contributed by atoms with Gasteiger partial charge in [0.2, 0.25) is 0 Å². The molecule has 2 nitrogen and oxygen atoms in total. The summed E-state index contributed by atoms with van der Waals surface area (Å²) in [6.45, 7) is 0. The smallest absolute Gasteiger partial charge is 0.345 e. The van der Waals surface area contributed by atoms with Gasteiger partial charge in [0.25, 0.3) is 0 Å². The fourth-order valence-corrected chi connectivity index (χ4v) is 2.41. The molecule has 0 amide bonds. The van der Waals surface area contributed by atoms with E-state index in [-0.39, 0.29) is 0 Å². The molecule has 98 valence electrons. The summed E-state index contributed by atoms with van der Waals surface area (Å²) in [6.07, 6.45) is 0. The number of fused-ring (bicyclic) bond motifs is 1. The Morgan fingerprint density at radius 3 is 2.35 bits per heavy atom. The van der Waals surface area contributed by atoms with Crippen LogP contribution in [0.3, 0.4) is 0 Å². The normalized spacial score (nSPS) is 10.4. The van der Waals surface area contributed by atoms with Crippen LogP contribution in [0.25, 0.3) is 10.8 Å². The summed E-state index contributed by atoms with van der Waals surface area (Å²) in [5, 5.41) is 1.84. The topological polar surface area (TPSA) is 26.3 Å². The number of hydrogen-bond acceptors (Lipinski definition) is 3. The number of hydrogen-bond donors (Lipinski definition) is 1. The van der Waals surface area contributed by atoms with Crippen LogP contribution in [-0.2, 0) is 0 Å². The second kappa shape index (κ2) is 5.39. The highest BCUT2D eigenvalue weighted by atomic mass is 32.1. The molecule has 0 spiro atoms. The van der Waals surface area contributed by atoms with Crippen LogP contribution in [0, 0.1) is 0 Å². The lowest BCUT2D eigenvalue weighted by Gasteiger charge is -2.09. The van der Waals surface area contributed by atoms with E-state index in [0.29, 0.717) is 16.2 Å². The summed E-state index contributed by atoms with van der Waals surface area (Å²) >= 11 is 4.38. The highest BCUT2D eigenvalue weighted by Crippen LogP contribution is 2.26. The average molecular weight is 280 g/mol. The van der Waals surface area contributed by atoms with Crippen LogP contribution < -0.4 is 4.74 Å². The lowest BCUT2D eigenvalue weighted by atomic mass is 10.0. The molecule has 20 heavy (non-hydrogen) atoms. The molecule has 3 aromatic rings. The van der Waals surface area contributed by atoms with Crippen LogP contribution in [0.5, 0.6) is 5.75 Å². The zero-order valence-electron chi connectivity index (χ0n) is 10.6. The minimum absolute atomic E-state index is 0.391. The lowest BCUT2D eigenvalue weighted by molar-refractivity contribution is 0.0733. The van der Waals surface area contributed by atoms with Gasteiger partial charge in [-0.05, 0) is 29.0 Å². The quantitative estimate of drug-likeness (QED) is 0.429. The Bertz CT molecular complexity index is 766. The molecule has 0 aliphatic rings. The third-order valence-corrected chi connectivity index (χ3v) is 3.44. The number of carbonyl (C=O) groups is 1. The number of ether oxygens (including phenoxy) is 1. The molecule has 0 N–H and O–H groups in total. The third-order valence-electron chi connectivity index (χ3n) is 3.06. The van der Waals surface area contributed by atoms with Crippen molar-refractivity contribution in [3.05, 3.63) is 72.3 Å². The van der Waals surface area contributed by atoms with Crippen LogP contribution in [0.1, 0.15) is 10.4 Å². The van der Waals surface area contributed by atoms with E-state index in [1.54, 1.807) is 12.1 Å². The standard InChI is InChI=1S/C17H12O2S/c18-17(19-13-7-2-1-3-8-13)16-14-9-5-4-6-12(14)10-11-15(16)20/h1-11,20H. The van der Waals surface area contributed by atoms with Crippen molar-refractivity contribution in [2.45, 2.75) is 4.90 Å². The number of thiol groups is 1. The van der Waals surface area contributed by atoms with E-state index in [1.165, 1.54) is 0 Å². The van der Waals surface area contributed by atoms with Crippen molar-refractivity contribution >= 4 is 29.4 Å². The van der Waals surface area contributed by atoms with Crippen molar-refractivity contribution in [1.29, 1.82) is 0 Å². The van der Waals surface area contributed by atoms with E-state index in [9.17, 15) is 4.79 Å². The first kappa shape index (κ1) is 12.8. The van der Waals surface area contributed by atoms with Crippen molar-refractivity contribution < 1.29 is 9.53 Å². The van der Waals surface area contributed by atoms with Gasteiger partial charge in [-0.2, -0.15) is 0 Å². The monoisotopic (exact) mass is 280 g/mol. The molecule has 0 aliphatic heterocycles. The predicted molar refractivity (Wildman–Crippen MR) is 82.6 cm³/mol. The van der Waals surface area contributed by atoms with Gasteiger partial charge in [0.1, 0.15) is 5.75 Å². The van der Waals surface area contributed by atoms with Crippen molar-refractivity contribution in [2.75, 3.05) is 0 Å². The van der Waals surface area contributed by atoms with Crippen LogP contribution >= 0.6 is 12.6 Å². The minimum atomic E-state index is -0.391. The Morgan fingerprint density at radius 1 is 0.850 bits per heavy atom. The van der Waals surface area contributed by atoms with Crippen LogP contribution in [0.4, 0.5) is 0 Å². The van der Waals surface area contributed by atoms with E-state index >= 15 is 0 Å². The van der Waals surface area contributed by atoms with Gasteiger partial charge in [-0.25, -0.2) is 4.79 Å². The van der Waals surface area contributed by atoms with Gasteiger partial charge in [0, 0.05) is 4.90 Å². The number of esters is 1. The summed E-state index contributed by atoms with van der Waals surface area (Å²) in [6, 6.07) is 20.5. The first-order chi connectivity index (χ1) is 9.75. The van der Waals surface area contributed by atoms with Gasteiger partial charge in [-0.3, -0.25) is 0 Å². The fourth-order valence-electron chi connectivity index (χ4n) is 2.12. The van der Waals surface area contributed by atoms with E-state index in [2.05, 4.69) is 12.6 Å². The van der Waals surface area contributed by atoms with Gasteiger partial charge >= 0.3 is 5.97 Å². The molecule has 0 aromatic heterocycles. The van der Waals surface area contributed by atoms with E-state index in [1.807, 2.05) is 54.6 Å². The van der Waals surface area contributed by atoms with Crippen LogP contribution in [-0.4, -0.2) is 5.97 Å². The maximum Gasteiger partial charge on any atom is 0.345 e. The summed E-state index contributed by atoms with van der Waals surface area (Å²) in [7, 11) is 0. The third kappa shape index (κ3) is 2.40. The van der Waals surface area contributed by atoms with Crippen molar-refractivity contribution in [3.8, 4) is 5.75 Å². The Balaban J connectivity index is 2.05. The second-order valence-electron chi connectivity index (χ2n) is 4.38. The minimum Gasteiger partial charge on any atom is -0.423 e. The molecule has 3 rings (SSSR count). The average Bonchev–Trinajstić information content (AvgIpc) is 2.48. The summed E-state index contributed by atoms with van der Waals surface area (Å²) in [4.78, 5) is 13.0. The summed E-state index contributed by atoms with van der Waals surface area (Å²) in [5.41, 5.74) is 0.496. The van der Waals surface area contributed by atoms with Crippen molar-refractivity contribution in [3.63, 3.8) is 0 Å². The van der Waals surface area contributed by atoms with Crippen molar-refractivity contribution in [1.82, 2.24) is 0 Å². The Kier molecular flexibility index (Phi) is 3.44. The molecule has 0 unspecified atom stereocenters. The van der Waals surface area contributed by atoms with Crippen molar-refractivity contribution in [2.24, 2.45) is 0 Å². The maximum absolute atomic E-state index is 12.4. The van der Waals surface area contributed by atoms with Gasteiger partial charge in [0.05, 0.1) is 5.56 Å². The summed E-state index contributed by atoms with van der Waals surface area (Å²) < 4.78 is 5.40. The first-order valence-corrected chi connectivity index (χ1v) is 6.68. The molecule has 0 saturated carbocycles. The van der Waals surface area contributed by atoms with E-state index in [4.69, 9.17) is 4.74 Å². The Hall–Kier alpha value is -2.26. The Morgan fingerprint density at radius 2 is 1.55 bits per heavy atom. The number of rotatable bonds is 2. The van der Waals surface area contributed by atoms with Gasteiger partial charge in [-0.1, -0.05) is 48.5 Å². The highest BCUT2D eigenvalue weighted by molar-refractivity contribution is 7.80. The first-order valence-electron chi connectivity index (χ1n) is 6.23. The molecule has 0 heterocycles. The molecule has 0 atom stereocenters. The van der Waals surface area contributed by atoms with Crippen LogP contribution in [0.2, 0.25) is 0 Å². The molecule has 0 bridgehead atoms. The van der Waals surface area contributed by atoms with E-state index in [0.717, 1.165) is 10.8 Å². The lowest BCUT2D eigenvalue weighted by Crippen LogP contribution is -2.10. The Labute approximate surface area is 122 Å². The molecule has 0 radical (unpaired) electrons. The predicted octanol–water partition coefficient (Wildman–Crippen LogP) is 4.35.